The quantitative estimate of drug-likeness (QED) is 0.0473. The van der Waals surface area contributed by atoms with Gasteiger partial charge in [0.25, 0.3) is 0 Å². The molecule has 4 N–H and O–H groups in total. The summed E-state index contributed by atoms with van der Waals surface area (Å²) < 4.78 is 74.5. The second-order valence-electron chi connectivity index (χ2n) is 30.5. The van der Waals surface area contributed by atoms with Crippen LogP contribution in [0.5, 0.6) is 80.9 Å². The standard InChI is InChI=1S/C35H34N4O6.C19H21NO4.C15H12ClN3O3.C15H14N4O3.C11H11NO3.C4H2Cl2N2/c1-22-4-6-24(7-5-22)27-20-39(19-23-11-14-44-15-12-23)21-28(35(27)41)30(40)16-25-8-9-34(38-37-25)45-31-10-13-36-29-18-33(43-3)32(42-2)17-26(29)31;1-13-2-4-15(5-3-13)16-11-20(10-14-6-8-24-9-7-14)12-17(18(16)21)19(22)23;2*1-20-12-7-9-10(8-13(12)21-2)17-6-5-11(9)22-15-4-3-14(16)18-19-15;1-14-10-5-7-8(6-11(10)15-2)12-4-3-9(7)13;5-3-1-2-4(6)8-7-3/h4-10,13,17-18,20-21,23H,11-12,14-16,19H2,1-3H3;2-5,11-12,14H,6-10H2,1H3,(H,22,23);3-8H,1-2H3;3-8H,1-2H3,(H2,16,18);3-6H,1-2H3,(H,12,13);1-2H. The topological polar surface area (TPSA) is 419 Å². The van der Waals surface area contributed by atoms with Crippen LogP contribution >= 0.6 is 34.8 Å². The Morgan fingerprint density at radius 2 is 0.772 bits per heavy atom. The van der Waals surface area contributed by atoms with Crippen molar-refractivity contribution in [1.29, 1.82) is 0 Å². The van der Waals surface area contributed by atoms with E-state index in [0.29, 0.717) is 154 Å². The van der Waals surface area contributed by atoms with E-state index in [-0.39, 0.29) is 40.1 Å². The molecule has 136 heavy (non-hydrogen) atoms. The van der Waals surface area contributed by atoms with E-state index in [4.69, 9.17) is 102 Å². The van der Waals surface area contributed by atoms with Gasteiger partial charge in [0.1, 0.15) is 28.6 Å². The lowest BCUT2D eigenvalue weighted by Gasteiger charge is -2.23. The van der Waals surface area contributed by atoms with Crippen molar-refractivity contribution >= 4 is 96.0 Å². The molecule has 0 bridgehead atoms. The molecule has 0 spiro atoms. The van der Waals surface area contributed by atoms with Crippen LogP contribution in [0.4, 0.5) is 5.82 Å². The molecular weight excluding hydrogens is 1810 g/mol. The van der Waals surface area contributed by atoms with Crippen LogP contribution < -0.4 is 74.1 Å². The number of carboxylic acid groups (broad SMARTS) is 1. The van der Waals surface area contributed by atoms with Crippen molar-refractivity contribution in [2.75, 3.05) is 89.0 Å². The molecule has 12 heterocycles. The molecule has 0 saturated carbocycles. The second-order valence-corrected chi connectivity index (χ2v) is 31.7. The number of hydrogen-bond acceptors (Lipinski definition) is 30. The van der Waals surface area contributed by atoms with E-state index < -0.39 is 11.4 Å². The lowest BCUT2D eigenvalue weighted by Crippen LogP contribution is -2.25. The largest absolute Gasteiger partial charge is 0.493 e. The Kier molecular flexibility index (Phi) is 34.0. The smallest absolute Gasteiger partial charge is 0.341 e. The Hall–Kier alpha value is -15.5. The number of methoxy groups -OCH3 is 8. The number of H-pyrrole nitrogens is 1. The molecule has 2 saturated heterocycles. The van der Waals surface area contributed by atoms with E-state index >= 15 is 0 Å². The minimum atomic E-state index is -1.19. The summed E-state index contributed by atoms with van der Waals surface area (Å²) in [6.45, 7) is 8.29. The molecule has 0 amide bonds. The number of anilines is 1. The predicted octanol–water partition coefficient (Wildman–Crippen LogP) is 18.0. The first-order valence-electron chi connectivity index (χ1n) is 42.3. The van der Waals surface area contributed by atoms with Crippen LogP contribution in [0.3, 0.4) is 0 Å². The van der Waals surface area contributed by atoms with E-state index in [1.54, 1.807) is 209 Å². The Balaban J connectivity index is 0.000000148. The van der Waals surface area contributed by atoms with E-state index in [0.717, 1.165) is 102 Å². The molecule has 0 aliphatic carbocycles. The van der Waals surface area contributed by atoms with Gasteiger partial charge in [0.15, 0.2) is 78.1 Å². The first kappa shape index (κ1) is 98.0. The van der Waals surface area contributed by atoms with Gasteiger partial charge in [-0.1, -0.05) is 94.5 Å². The number of hydrogen-bond donors (Lipinski definition) is 3. The van der Waals surface area contributed by atoms with Crippen molar-refractivity contribution in [2.24, 2.45) is 11.8 Å². The van der Waals surface area contributed by atoms with E-state index in [2.05, 4.69) is 60.7 Å². The fraction of sp³-hybridized carbons (Fsp3) is 0.232. The lowest BCUT2D eigenvalue weighted by molar-refractivity contribution is 0.0609. The number of halogens is 3. The van der Waals surface area contributed by atoms with Crippen molar-refractivity contribution in [3.8, 4) is 103 Å². The van der Waals surface area contributed by atoms with Crippen LogP contribution in [0.1, 0.15) is 63.2 Å². The highest BCUT2D eigenvalue weighted by molar-refractivity contribution is 6.31. The molecule has 18 rings (SSSR count). The number of ketones is 1. The number of rotatable bonds is 24. The summed E-state index contributed by atoms with van der Waals surface area (Å²) in [6, 6.07) is 49.2. The van der Waals surface area contributed by atoms with Crippen molar-refractivity contribution < 1.29 is 76.3 Å². The number of benzene rings is 6. The van der Waals surface area contributed by atoms with Gasteiger partial charge in [0, 0.05) is 170 Å². The lowest BCUT2D eigenvalue weighted by atomic mass is 9.98. The predicted molar refractivity (Wildman–Crippen MR) is 514 cm³/mol. The maximum Gasteiger partial charge on any atom is 0.341 e. The first-order valence-corrected chi connectivity index (χ1v) is 43.5. The van der Waals surface area contributed by atoms with Crippen LogP contribution in [0, 0.1) is 25.7 Å². The molecule has 16 aromatic rings. The molecule has 0 atom stereocenters. The summed E-state index contributed by atoms with van der Waals surface area (Å²) in [5, 5.41) is 43.9. The molecule has 6 aromatic carbocycles. The summed E-state index contributed by atoms with van der Waals surface area (Å²) >= 11 is 16.5. The van der Waals surface area contributed by atoms with Gasteiger partial charge in [-0.05, 0) is 135 Å². The number of carboxylic acids is 1. The number of pyridine rings is 6. The molecule has 0 unspecified atom stereocenters. The van der Waals surface area contributed by atoms with Gasteiger partial charge in [-0.25, -0.2) is 4.79 Å². The van der Waals surface area contributed by atoms with Crippen LogP contribution in [0.2, 0.25) is 15.5 Å². The van der Waals surface area contributed by atoms with Crippen LogP contribution in [0.15, 0.2) is 234 Å². The van der Waals surface area contributed by atoms with Gasteiger partial charge in [-0.15, -0.1) is 35.7 Å². The highest BCUT2D eigenvalue weighted by Crippen LogP contribution is 2.41. The number of aromatic amines is 1. The summed E-state index contributed by atoms with van der Waals surface area (Å²) in [4.78, 5) is 78.8. The van der Waals surface area contributed by atoms with Crippen LogP contribution in [-0.2, 0) is 29.0 Å². The number of carbonyl (C=O) groups excluding carboxylic acids is 1. The van der Waals surface area contributed by atoms with E-state index in [1.807, 2.05) is 77.7 Å². The highest BCUT2D eigenvalue weighted by Gasteiger charge is 2.24. The van der Waals surface area contributed by atoms with Gasteiger partial charge < -0.3 is 86.5 Å². The molecule has 0 radical (unpaired) electrons. The van der Waals surface area contributed by atoms with Gasteiger partial charge >= 0.3 is 5.97 Å². The number of ether oxygens (including phenoxy) is 13. The molecule has 2 aliphatic rings. The maximum absolute atomic E-state index is 13.6. The van der Waals surface area contributed by atoms with Crippen LogP contribution in [0.25, 0.3) is 65.9 Å². The number of fused-ring (bicyclic) bond motifs is 4. The van der Waals surface area contributed by atoms with Gasteiger partial charge in [0.2, 0.25) is 23.1 Å². The minimum absolute atomic E-state index is 0.0373. The Bertz CT molecular complexity index is 6870. The summed E-state index contributed by atoms with van der Waals surface area (Å²) in [5.74, 6) is 6.94. The molecule has 37 heteroatoms. The number of aromatic carboxylic acids is 1. The minimum Gasteiger partial charge on any atom is -0.493 e. The molecule has 10 aromatic heterocycles. The highest BCUT2D eigenvalue weighted by atomic mass is 35.5. The monoisotopic (exact) mass is 1900 g/mol. The summed E-state index contributed by atoms with van der Waals surface area (Å²) in [6.07, 6.45) is 17.0. The first-order chi connectivity index (χ1) is 65.9. The van der Waals surface area contributed by atoms with E-state index in [9.17, 15) is 29.1 Å². The number of nitrogen functional groups attached to an aromatic ring is 1. The maximum atomic E-state index is 13.6. The molecule has 2 fully saturated rings. The zero-order chi connectivity index (χ0) is 96.3. The molecule has 34 nitrogen and oxygen atoms in total. The Morgan fingerprint density at radius 1 is 0.412 bits per heavy atom. The van der Waals surface area contributed by atoms with Gasteiger partial charge in [-0.3, -0.25) is 34.1 Å². The van der Waals surface area contributed by atoms with Gasteiger partial charge in [0.05, 0.1) is 96.6 Å². The number of aromatic nitrogens is 14. The zero-order valence-electron chi connectivity index (χ0n) is 75.5. The normalized spacial score (nSPS) is 12.2. The van der Waals surface area contributed by atoms with Crippen molar-refractivity contribution in [1.82, 2.24) is 69.9 Å². The Labute approximate surface area is 794 Å². The third-order valence-corrected chi connectivity index (χ3v) is 22.1. The van der Waals surface area contributed by atoms with Crippen molar-refractivity contribution in [3.05, 3.63) is 294 Å². The SMILES string of the molecule is COc1cc2[nH]ccc(=O)c2cc1OC.COc1cc2nccc(Oc3ccc(CC(=O)c4cn(CC5CCOCC5)cc(-c5ccc(C)cc5)c4=O)nn3)c2cc1OC.COc1cc2nccc(Oc3ccc(Cl)nn3)c2cc1OC.COc1cc2nccc(Oc3ccc(N)nn3)c2cc1OC.Cc1ccc(-c2cn(CC3CCOCC3)cc(C(=O)O)c2=O)cc1.Clc1ccc(Cl)nn1. The van der Waals surface area contributed by atoms with Crippen molar-refractivity contribution in [3.63, 3.8) is 0 Å². The average molecular weight is 1900 g/mol. The fourth-order valence-electron chi connectivity index (χ4n) is 14.4. The molecular formula is C99H94Cl3N15O19. The molecule has 2 aliphatic heterocycles. The Morgan fingerprint density at radius 3 is 1.15 bits per heavy atom. The zero-order valence-corrected chi connectivity index (χ0v) is 77.8. The number of Topliss-reactive ketones (excluding diaryl/α,β-unsaturated/α-hetero) is 1. The van der Waals surface area contributed by atoms with E-state index in [1.165, 1.54) is 12.3 Å². The third kappa shape index (κ3) is 25.7. The second kappa shape index (κ2) is 47.2. The fourth-order valence-corrected chi connectivity index (χ4v) is 14.7. The van der Waals surface area contributed by atoms with Gasteiger partial charge in [-0.2, -0.15) is 5.10 Å². The number of nitrogens with one attached hydrogen (secondary N) is 1. The van der Waals surface area contributed by atoms with Crippen molar-refractivity contribution in [2.45, 2.75) is 59.0 Å². The average Bonchev–Trinajstić information content (AvgIpc) is 0.792. The van der Waals surface area contributed by atoms with Crippen LogP contribution in [-0.4, -0.2) is 170 Å². The molecule has 700 valence electrons. The number of nitrogens with zero attached hydrogens (tertiary/aromatic N) is 13. The number of aryl methyl sites for hydroxylation is 2. The third-order valence-electron chi connectivity index (χ3n) is 21.5. The summed E-state index contributed by atoms with van der Waals surface area (Å²) in [7, 11) is 12.5. The summed E-state index contributed by atoms with van der Waals surface area (Å²) in [5.41, 5.74) is 12.6. The number of carbonyl (C=O) groups is 2. The number of nitrogens with two attached hydrogens (primary N) is 1.